The van der Waals surface area contributed by atoms with Crippen molar-refractivity contribution in [2.24, 2.45) is 0 Å². The molecule has 7 heteroatoms. The summed E-state index contributed by atoms with van der Waals surface area (Å²) in [6.07, 6.45) is 0. The van der Waals surface area contributed by atoms with Crippen LogP contribution in [-0.4, -0.2) is 36.5 Å². The summed E-state index contributed by atoms with van der Waals surface area (Å²) in [5.74, 6) is -2.12. The average molecular weight is 528 g/mol. The van der Waals surface area contributed by atoms with Gasteiger partial charge in [0.1, 0.15) is 11.5 Å². The second-order valence-corrected chi connectivity index (χ2v) is 10.5. The number of ketones is 1. The SMILES string of the molecule is CCOC(=O)c1cccc(N2C(=O)C(=O)/C(=C(/O)c3cc(C(C)(C)C)ccc3OC)C2c2ccccc2C)c1. The molecule has 202 valence electrons. The first kappa shape index (κ1) is 27.6. The molecule has 0 saturated carbocycles. The largest absolute Gasteiger partial charge is 0.507 e. The zero-order chi connectivity index (χ0) is 28.5. The maximum absolute atomic E-state index is 13.7. The van der Waals surface area contributed by atoms with E-state index >= 15 is 0 Å². The Balaban J connectivity index is 1.99. The lowest BCUT2D eigenvalue weighted by atomic mass is 9.85. The van der Waals surface area contributed by atoms with Gasteiger partial charge in [-0.25, -0.2) is 4.79 Å². The third-order valence-electron chi connectivity index (χ3n) is 6.88. The number of aliphatic hydroxyl groups excluding tert-OH is 1. The van der Waals surface area contributed by atoms with Gasteiger partial charge in [-0.2, -0.15) is 0 Å². The topological polar surface area (TPSA) is 93.1 Å². The third kappa shape index (κ3) is 5.17. The Bertz CT molecular complexity index is 1480. The normalized spacial score (nSPS) is 16.9. The predicted octanol–water partition coefficient (Wildman–Crippen LogP) is 6.10. The number of nitrogens with zero attached hydrogens (tertiary/aromatic N) is 1. The summed E-state index contributed by atoms with van der Waals surface area (Å²) in [6, 6.07) is 18.3. The lowest BCUT2D eigenvalue weighted by Gasteiger charge is -2.27. The van der Waals surface area contributed by atoms with Crippen LogP contribution >= 0.6 is 0 Å². The Morgan fingerprint density at radius 3 is 2.36 bits per heavy atom. The number of amides is 1. The molecular formula is C32H33NO6. The second kappa shape index (κ2) is 10.8. The van der Waals surface area contributed by atoms with Crippen LogP contribution in [0.15, 0.2) is 72.3 Å². The molecule has 1 amide bonds. The zero-order valence-corrected chi connectivity index (χ0v) is 23.1. The molecule has 0 aromatic heterocycles. The van der Waals surface area contributed by atoms with Crippen LogP contribution in [0.4, 0.5) is 5.69 Å². The van der Waals surface area contributed by atoms with Gasteiger partial charge in [0.05, 0.1) is 36.5 Å². The molecule has 1 saturated heterocycles. The predicted molar refractivity (Wildman–Crippen MR) is 150 cm³/mol. The van der Waals surface area contributed by atoms with Gasteiger partial charge in [0.15, 0.2) is 0 Å². The quantitative estimate of drug-likeness (QED) is 0.180. The summed E-state index contributed by atoms with van der Waals surface area (Å²) in [6.45, 7) is 9.92. The van der Waals surface area contributed by atoms with Gasteiger partial charge in [-0.3, -0.25) is 14.5 Å². The third-order valence-corrected chi connectivity index (χ3v) is 6.88. The number of esters is 1. The summed E-state index contributed by atoms with van der Waals surface area (Å²) < 4.78 is 10.7. The van der Waals surface area contributed by atoms with Gasteiger partial charge in [0.25, 0.3) is 11.7 Å². The summed E-state index contributed by atoms with van der Waals surface area (Å²) in [7, 11) is 1.49. The summed E-state index contributed by atoms with van der Waals surface area (Å²) in [5.41, 5.74) is 3.04. The van der Waals surface area contributed by atoms with E-state index in [0.717, 1.165) is 11.1 Å². The number of anilines is 1. The highest BCUT2D eigenvalue weighted by Gasteiger charge is 2.47. The Hall–Kier alpha value is -4.39. The van der Waals surface area contributed by atoms with Crippen molar-refractivity contribution in [1.82, 2.24) is 0 Å². The molecule has 7 nitrogen and oxygen atoms in total. The van der Waals surface area contributed by atoms with Crippen LogP contribution in [0.25, 0.3) is 5.76 Å². The molecule has 1 unspecified atom stereocenters. The number of benzene rings is 3. The van der Waals surface area contributed by atoms with Crippen LogP contribution in [0.3, 0.4) is 0 Å². The van der Waals surface area contributed by atoms with Crippen molar-refractivity contribution < 1.29 is 29.0 Å². The Kier molecular flexibility index (Phi) is 7.63. The fourth-order valence-corrected chi connectivity index (χ4v) is 4.79. The van der Waals surface area contributed by atoms with Gasteiger partial charge in [0.2, 0.25) is 0 Å². The molecule has 1 heterocycles. The minimum Gasteiger partial charge on any atom is -0.507 e. The number of rotatable bonds is 6. The molecule has 1 N–H and O–H groups in total. The number of carbonyl (C=O) groups is 3. The Labute approximate surface area is 228 Å². The van der Waals surface area contributed by atoms with E-state index in [4.69, 9.17) is 9.47 Å². The maximum atomic E-state index is 13.7. The van der Waals surface area contributed by atoms with Gasteiger partial charge >= 0.3 is 5.97 Å². The van der Waals surface area contributed by atoms with Gasteiger partial charge in [-0.05, 0) is 66.3 Å². The number of aryl methyl sites for hydroxylation is 1. The highest BCUT2D eigenvalue weighted by atomic mass is 16.5. The first-order chi connectivity index (χ1) is 18.5. The van der Waals surface area contributed by atoms with Crippen LogP contribution in [0.5, 0.6) is 5.75 Å². The van der Waals surface area contributed by atoms with Crippen LogP contribution in [0.1, 0.15) is 66.3 Å². The maximum Gasteiger partial charge on any atom is 0.338 e. The van der Waals surface area contributed by atoms with E-state index < -0.39 is 23.7 Å². The van der Waals surface area contributed by atoms with Gasteiger partial charge in [0, 0.05) is 5.69 Å². The summed E-state index contributed by atoms with van der Waals surface area (Å²) in [4.78, 5) is 41.1. The fourth-order valence-electron chi connectivity index (χ4n) is 4.79. The number of methoxy groups -OCH3 is 1. The van der Waals surface area contributed by atoms with Crippen molar-refractivity contribution in [3.05, 3.63) is 100 Å². The first-order valence-corrected chi connectivity index (χ1v) is 12.8. The minimum absolute atomic E-state index is 0.0554. The molecule has 39 heavy (non-hydrogen) atoms. The van der Waals surface area contributed by atoms with E-state index in [0.29, 0.717) is 22.6 Å². The summed E-state index contributed by atoms with van der Waals surface area (Å²) in [5, 5.41) is 11.7. The van der Waals surface area contributed by atoms with Gasteiger partial charge in [-0.15, -0.1) is 0 Å². The number of Topliss-reactive ketones (excluding diaryl/α,β-unsaturated/α-hetero) is 1. The van der Waals surface area contributed by atoms with Crippen molar-refractivity contribution in [2.75, 3.05) is 18.6 Å². The monoisotopic (exact) mass is 527 g/mol. The molecule has 0 bridgehead atoms. The van der Waals surface area contributed by atoms with Crippen LogP contribution in [0.2, 0.25) is 0 Å². The van der Waals surface area contributed by atoms with E-state index in [1.807, 2.05) is 58.0 Å². The minimum atomic E-state index is -0.938. The van der Waals surface area contributed by atoms with Crippen LogP contribution < -0.4 is 9.64 Å². The van der Waals surface area contributed by atoms with E-state index in [2.05, 4.69) is 0 Å². The van der Waals surface area contributed by atoms with Crippen molar-refractivity contribution in [2.45, 2.75) is 46.1 Å². The molecule has 1 aliphatic rings. The number of ether oxygens (including phenoxy) is 2. The number of hydrogen-bond acceptors (Lipinski definition) is 6. The lowest BCUT2D eigenvalue weighted by molar-refractivity contribution is -0.132. The highest BCUT2D eigenvalue weighted by Crippen LogP contribution is 2.44. The van der Waals surface area contributed by atoms with Crippen molar-refractivity contribution in [1.29, 1.82) is 0 Å². The molecule has 0 aliphatic carbocycles. The molecule has 0 spiro atoms. The molecule has 4 rings (SSSR count). The van der Waals surface area contributed by atoms with Crippen LogP contribution in [-0.2, 0) is 19.7 Å². The van der Waals surface area contributed by atoms with Crippen molar-refractivity contribution >= 4 is 29.1 Å². The molecule has 3 aromatic carbocycles. The molecular weight excluding hydrogens is 494 g/mol. The van der Waals surface area contributed by atoms with Crippen molar-refractivity contribution in [3.63, 3.8) is 0 Å². The number of aliphatic hydroxyl groups is 1. The molecule has 0 radical (unpaired) electrons. The standard InChI is InChI=1S/C32H33NO6/c1-7-39-31(37)20-12-10-13-22(17-20)33-27(23-14-9-8-11-19(23)2)26(29(35)30(33)36)28(34)24-18-21(32(3,4)5)15-16-25(24)38-6/h8-18,27,34H,7H2,1-6H3/b28-26+. The molecule has 1 aliphatic heterocycles. The number of carbonyl (C=O) groups excluding carboxylic acids is 3. The smallest absolute Gasteiger partial charge is 0.338 e. The fraction of sp³-hybridized carbons (Fsp3) is 0.281. The van der Waals surface area contributed by atoms with E-state index in [9.17, 15) is 19.5 Å². The Morgan fingerprint density at radius 1 is 1.00 bits per heavy atom. The van der Waals surface area contributed by atoms with Crippen LogP contribution in [0, 0.1) is 6.92 Å². The average Bonchev–Trinajstić information content (AvgIpc) is 3.17. The molecule has 1 fully saturated rings. The van der Waals surface area contributed by atoms with Gasteiger partial charge in [-0.1, -0.05) is 57.2 Å². The second-order valence-electron chi connectivity index (χ2n) is 10.5. The van der Waals surface area contributed by atoms with Crippen molar-refractivity contribution in [3.8, 4) is 5.75 Å². The number of hydrogen-bond donors (Lipinski definition) is 1. The zero-order valence-electron chi connectivity index (χ0n) is 23.1. The molecule has 1 atom stereocenters. The molecule has 3 aromatic rings. The van der Waals surface area contributed by atoms with E-state index in [1.54, 1.807) is 37.3 Å². The van der Waals surface area contributed by atoms with E-state index in [-0.39, 0.29) is 28.9 Å². The lowest BCUT2D eigenvalue weighted by Crippen LogP contribution is -2.30. The Morgan fingerprint density at radius 2 is 1.72 bits per heavy atom. The first-order valence-electron chi connectivity index (χ1n) is 12.8. The highest BCUT2D eigenvalue weighted by molar-refractivity contribution is 6.51. The summed E-state index contributed by atoms with van der Waals surface area (Å²) >= 11 is 0. The van der Waals surface area contributed by atoms with Gasteiger partial charge < -0.3 is 14.6 Å². The van der Waals surface area contributed by atoms with E-state index in [1.165, 1.54) is 18.1 Å².